The van der Waals surface area contributed by atoms with Gasteiger partial charge in [0.2, 0.25) is 0 Å². The van der Waals surface area contributed by atoms with Gasteiger partial charge in [-0.15, -0.1) is 0 Å². The zero-order chi connectivity index (χ0) is 43.1. The van der Waals surface area contributed by atoms with Crippen LogP contribution in [-0.4, -0.2) is 142 Å². The lowest BCUT2D eigenvalue weighted by Gasteiger charge is -2.42. The van der Waals surface area contributed by atoms with Gasteiger partial charge < -0.3 is 64.2 Å². The average Bonchev–Trinajstić information content (AvgIpc) is 3.22. The Morgan fingerprint density at radius 2 is 1.02 bits per heavy atom. The first-order valence-electron chi connectivity index (χ1n) is 22.2. The molecule has 342 valence electrons. The summed E-state index contributed by atoms with van der Waals surface area (Å²) in [6.45, 7) is 2.55. The molecule has 2 aliphatic heterocycles. The summed E-state index contributed by atoms with van der Waals surface area (Å²) in [4.78, 5) is 11.7. The van der Waals surface area contributed by atoms with Gasteiger partial charge in [0.1, 0.15) is 54.9 Å². The van der Waals surface area contributed by atoms with Crippen LogP contribution in [0.3, 0.4) is 0 Å². The molecule has 0 aliphatic carbocycles. The van der Waals surface area contributed by atoms with Crippen molar-refractivity contribution in [3.05, 3.63) is 48.6 Å². The van der Waals surface area contributed by atoms with Crippen LogP contribution in [-0.2, 0) is 33.2 Å². The van der Waals surface area contributed by atoms with Crippen molar-refractivity contribution >= 4 is 5.97 Å². The molecular weight excluding hydrogens is 764 g/mol. The molecule has 0 aromatic carbocycles. The van der Waals surface area contributed by atoms with E-state index in [4.69, 9.17) is 28.4 Å². The molecule has 2 heterocycles. The second kappa shape index (κ2) is 33.6. The normalized spacial score (nSPS) is 28.4. The van der Waals surface area contributed by atoms with Crippen LogP contribution in [0.4, 0.5) is 0 Å². The highest BCUT2D eigenvalue weighted by atomic mass is 16.7. The highest BCUT2D eigenvalue weighted by Gasteiger charge is 2.47. The number of carbonyl (C=O) groups excluding carboxylic acids is 1. The molecule has 2 saturated heterocycles. The monoisotopic (exact) mass is 843 g/mol. The SMILES string of the molecule is CC/C=C\C/C=C\C/C=C\C/C=C\CCCCCCCCCCCCCCCOCC(COC1OC(COC2OC(CO)C(O)C(O)C2O)C(O)C(O)C1O)OC(C)=O. The fourth-order valence-corrected chi connectivity index (χ4v) is 6.86. The predicted octanol–water partition coefficient (Wildman–Crippen LogP) is 4.84. The quantitative estimate of drug-likeness (QED) is 0.0268. The molecule has 2 aliphatic rings. The Labute approximate surface area is 352 Å². The Kier molecular flexibility index (Phi) is 30.2. The Bertz CT molecular complexity index is 1160. The van der Waals surface area contributed by atoms with E-state index in [-0.39, 0.29) is 13.2 Å². The van der Waals surface area contributed by atoms with Gasteiger partial charge in [-0.3, -0.25) is 4.79 Å². The summed E-state index contributed by atoms with van der Waals surface area (Å²) in [6.07, 6.45) is 23.0. The highest BCUT2D eigenvalue weighted by molar-refractivity contribution is 5.66. The molecule has 0 amide bonds. The number of carbonyl (C=O) groups is 1. The van der Waals surface area contributed by atoms with Crippen LogP contribution < -0.4 is 0 Å². The summed E-state index contributed by atoms with van der Waals surface area (Å²) in [7, 11) is 0. The number of rotatable bonds is 33. The number of hydrogen-bond donors (Lipinski definition) is 7. The Hall–Kier alpha value is -2.05. The zero-order valence-electron chi connectivity index (χ0n) is 35.7. The first-order valence-corrected chi connectivity index (χ1v) is 22.2. The summed E-state index contributed by atoms with van der Waals surface area (Å²) in [5, 5.41) is 71.0. The molecule has 14 nitrogen and oxygen atoms in total. The maximum atomic E-state index is 11.7. The van der Waals surface area contributed by atoms with Crippen LogP contribution in [0, 0.1) is 0 Å². The number of ether oxygens (including phenoxy) is 6. The molecule has 0 spiro atoms. The van der Waals surface area contributed by atoms with Gasteiger partial charge in [-0.1, -0.05) is 126 Å². The first-order chi connectivity index (χ1) is 28.6. The van der Waals surface area contributed by atoms with Crippen molar-refractivity contribution in [1.82, 2.24) is 0 Å². The fourth-order valence-electron chi connectivity index (χ4n) is 6.86. The van der Waals surface area contributed by atoms with E-state index < -0.39 is 86.7 Å². The molecule has 59 heavy (non-hydrogen) atoms. The van der Waals surface area contributed by atoms with E-state index in [1.165, 1.54) is 77.6 Å². The van der Waals surface area contributed by atoms with Gasteiger partial charge in [0.25, 0.3) is 0 Å². The van der Waals surface area contributed by atoms with Crippen LogP contribution in [0.2, 0.25) is 0 Å². The van der Waals surface area contributed by atoms with E-state index in [1.54, 1.807) is 0 Å². The minimum absolute atomic E-state index is 0.0442. The molecule has 11 unspecified atom stereocenters. The molecular formula is C45H78O14. The molecule has 0 saturated carbocycles. The van der Waals surface area contributed by atoms with Crippen LogP contribution in [0.5, 0.6) is 0 Å². The summed E-state index contributed by atoms with van der Waals surface area (Å²) in [5.74, 6) is -0.554. The third kappa shape index (κ3) is 23.1. The number of allylic oxidation sites excluding steroid dienone is 8. The molecule has 2 rings (SSSR count). The second-order valence-electron chi connectivity index (χ2n) is 15.6. The Balaban J connectivity index is 1.49. The van der Waals surface area contributed by atoms with E-state index in [0.29, 0.717) is 6.61 Å². The van der Waals surface area contributed by atoms with Gasteiger partial charge in [0, 0.05) is 13.5 Å². The van der Waals surface area contributed by atoms with Crippen molar-refractivity contribution in [3.63, 3.8) is 0 Å². The van der Waals surface area contributed by atoms with Gasteiger partial charge in [-0.25, -0.2) is 0 Å². The summed E-state index contributed by atoms with van der Waals surface area (Å²) >= 11 is 0. The largest absolute Gasteiger partial charge is 0.458 e. The molecule has 0 bridgehead atoms. The molecule has 7 N–H and O–H groups in total. The Morgan fingerprint density at radius 1 is 0.559 bits per heavy atom. The van der Waals surface area contributed by atoms with Gasteiger partial charge in [-0.05, 0) is 44.9 Å². The van der Waals surface area contributed by atoms with Crippen molar-refractivity contribution in [1.29, 1.82) is 0 Å². The summed E-state index contributed by atoms with van der Waals surface area (Å²) in [6, 6.07) is 0. The fraction of sp³-hybridized carbons (Fsp3) is 0.800. The maximum absolute atomic E-state index is 11.7. The standard InChI is InChI=1S/C45H78O14/c1-3-4-5-6-7-8-9-10-11-12-13-14-15-16-17-18-19-20-21-22-23-24-25-26-27-28-29-54-31-35(57-34(2)47)32-55-44-43(53)41(51)39(49)37(59-44)33-56-45-42(52)40(50)38(48)36(30-46)58-45/h4-5,7-8,10-11,13-14,35-46,48-53H,3,6,9,12,15-33H2,1-2H3/b5-4-,8-7-,11-10-,14-13-. The maximum Gasteiger partial charge on any atom is 0.303 e. The zero-order valence-corrected chi connectivity index (χ0v) is 35.7. The van der Waals surface area contributed by atoms with Crippen molar-refractivity contribution in [2.75, 3.05) is 33.0 Å². The number of aliphatic hydroxyl groups is 7. The smallest absolute Gasteiger partial charge is 0.303 e. The molecule has 14 heteroatoms. The number of esters is 1. The third-order valence-corrected chi connectivity index (χ3v) is 10.4. The lowest BCUT2D eigenvalue weighted by molar-refractivity contribution is -0.332. The molecule has 11 atom stereocenters. The third-order valence-electron chi connectivity index (χ3n) is 10.4. The molecule has 2 fully saturated rings. The minimum Gasteiger partial charge on any atom is -0.458 e. The van der Waals surface area contributed by atoms with E-state index in [2.05, 4.69) is 55.5 Å². The number of unbranched alkanes of at least 4 members (excludes halogenated alkanes) is 13. The van der Waals surface area contributed by atoms with Crippen LogP contribution in [0.15, 0.2) is 48.6 Å². The van der Waals surface area contributed by atoms with Crippen molar-refractivity contribution in [2.24, 2.45) is 0 Å². The summed E-state index contributed by atoms with van der Waals surface area (Å²) in [5.41, 5.74) is 0. The van der Waals surface area contributed by atoms with E-state index in [1.807, 2.05) is 0 Å². The van der Waals surface area contributed by atoms with E-state index in [0.717, 1.165) is 44.9 Å². The lowest BCUT2D eigenvalue weighted by Crippen LogP contribution is -2.61. The van der Waals surface area contributed by atoms with Crippen molar-refractivity contribution in [3.8, 4) is 0 Å². The predicted molar refractivity (Wildman–Crippen MR) is 224 cm³/mol. The van der Waals surface area contributed by atoms with Crippen molar-refractivity contribution in [2.45, 2.75) is 197 Å². The molecule has 0 radical (unpaired) electrons. The van der Waals surface area contributed by atoms with E-state index in [9.17, 15) is 40.5 Å². The van der Waals surface area contributed by atoms with E-state index >= 15 is 0 Å². The number of aliphatic hydroxyl groups excluding tert-OH is 7. The number of hydrogen-bond acceptors (Lipinski definition) is 14. The topological polar surface area (TPSA) is 214 Å². The highest BCUT2D eigenvalue weighted by Crippen LogP contribution is 2.26. The van der Waals surface area contributed by atoms with Gasteiger partial charge in [0.15, 0.2) is 12.6 Å². The summed E-state index contributed by atoms with van der Waals surface area (Å²) < 4.78 is 33.1. The van der Waals surface area contributed by atoms with Crippen LogP contribution in [0.25, 0.3) is 0 Å². The first kappa shape index (κ1) is 53.1. The average molecular weight is 843 g/mol. The van der Waals surface area contributed by atoms with Gasteiger partial charge in [-0.2, -0.15) is 0 Å². The minimum atomic E-state index is -1.70. The van der Waals surface area contributed by atoms with Gasteiger partial charge >= 0.3 is 5.97 Å². The molecule has 0 aromatic heterocycles. The molecule has 0 aromatic rings. The Morgan fingerprint density at radius 3 is 1.54 bits per heavy atom. The second-order valence-corrected chi connectivity index (χ2v) is 15.6. The lowest BCUT2D eigenvalue weighted by atomic mass is 9.98. The van der Waals surface area contributed by atoms with Crippen molar-refractivity contribution < 1.29 is 69.0 Å². The van der Waals surface area contributed by atoms with Crippen LogP contribution >= 0.6 is 0 Å². The van der Waals surface area contributed by atoms with Crippen LogP contribution in [0.1, 0.15) is 129 Å². The van der Waals surface area contributed by atoms with Gasteiger partial charge in [0.05, 0.1) is 26.4 Å².